The van der Waals surface area contributed by atoms with E-state index in [0.29, 0.717) is 29.2 Å². The van der Waals surface area contributed by atoms with Crippen molar-refractivity contribution in [1.82, 2.24) is 9.78 Å². The molecule has 9 nitrogen and oxygen atoms in total. The minimum Gasteiger partial charge on any atom is -0.305 e. The molecule has 0 bridgehead atoms. The van der Waals surface area contributed by atoms with Gasteiger partial charge in [0.25, 0.3) is 0 Å². The molecule has 1 heterocycles. The Bertz CT molecular complexity index is 773. The summed E-state index contributed by atoms with van der Waals surface area (Å²) in [5.41, 5.74) is 11.8. The monoisotopic (exact) mass is 295 g/mol. The van der Waals surface area contributed by atoms with E-state index in [1.807, 2.05) is 12.1 Å². The Balaban J connectivity index is 2.38. The Morgan fingerprint density at radius 3 is 2.73 bits per heavy atom. The predicted octanol–water partition coefficient (Wildman–Crippen LogP) is 2.88. The fraction of sp³-hybridized carbons (Fsp3) is 0.231. The van der Waals surface area contributed by atoms with E-state index in [4.69, 9.17) is 16.6 Å². The van der Waals surface area contributed by atoms with Crippen LogP contribution in [-0.2, 0) is 13.1 Å². The zero-order valence-electron chi connectivity index (χ0n) is 11.9. The minimum atomic E-state index is 0.0992. The molecule has 0 saturated carbocycles. The smallest absolute Gasteiger partial charge is 0.132 e. The standard InChI is InChI=1S/C13H13N9/c1-9-13(18-21-16)12(7-17-20-15)22(19-9)8-11-4-2-10(6-14)3-5-11/h2-5H,7-8H2,1H3,(H2,16,18). The molecule has 110 valence electrons. The molecule has 0 fully saturated rings. The van der Waals surface area contributed by atoms with Crippen LogP contribution >= 0.6 is 0 Å². The molecule has 0 saturated heterocycles. The highest BCUT2D eigenvalue weighted by Gasteiger charge is 2.14. The maximum Gasteiger partial charge on any atom is 0.132 e. The molecule has 1 aromatic heterocycles. The Morgan fingerprint density at radius 2 is 2.14 bits per heavy atom. The molecule has 0 aliphatic rings. The van der Waals surface area contributed by atoms with Crippen molar-refractivity contribution >= 4 is 5.69 Å². The van der Waals surface area contributed by atoms with Gasteiger partial charge in [0.1, 0.15) is 5.69 Å². The predicted molar refractivity (Wildman–Crippen MR) is 78.8 cm³/mol. The molecule has 0 aliphatic heterocycles. The zero-order chi connectivity index (χ0) is 15.9. The number of aromatic nitrogens is 2. The molecular weight excluding hydrogens is 282 g/mol. The fourth-order valence-corrected chi connectivity index (χ4v) is 2.05. The first-order valence-electron chi connectivity index (χ1n) is 6.36. The summed E-state index contributed by atoms with van der Waals surface area (Å²) >= 11 is 0. The summed E-state index contributed by atoms with van der Waals surface area (Å²) in [6.07, 6.45) is 0. The molecule has 1 aromatic carbocycles. The van der Waals surface area contributed by atoms with E-state index in [1.165, 1.54) is 0 Å². The first-order chi connectivity index (χ1) is 10.7. The van der Waals surface area contributed by atoms with Crippen LogP contribution < -0.4 is 5.84 Å². The number of rotatable bonds is 5. The van der Waals surface area contributed by atoms with Gasteiger partial charge in [-0.1, -0.05) is 22.5 Å². The lowest BCUT2D eigenvalue weighted by Gasteiger charge is -2.06. The number of nitrogens with zero attached hydrogens (tertiary/aromatic N) is 8. The van der Waals surface area contributed by atoms with Gasteiger partial charge in [-0.25, -0.2) is 0 Å². The van der Waals surface area contributed by atoms with E-state index in [-0.39, 0.29) is 6.54 Å². The zero-order valence-corrected chi connectivity index (χ0v) is 11.9. The highest BCUT2D eigenvalue weighted by molar-refractivity contribution is 5.46. The van der Waals surface area contributed by atoms with Gasteiger partial charge in [0.05, 0.1) is 36.1 Å². The molecule has 2 aromatic rings. The Morgan fingerprint density at radius 1 is 1.41 bits per heavy atom. The lowest BCUT2D eigenvalue weighted by molar-refractivity contribution is 0.640. The number of azide groups is 1. The lowest BCUT2D eigenvalue weighted by Crippen LogP contribution is -2.06. The topological polar surface area (TPSA) is 141 Å². The van der Waals surface area contributed by atoms with E-state index in [9.17, 15) is 0 Å². The van der Waals surface area contributed by atoms with Gasteiger partial charge in [-0.05, 0) is 30.2 Å². The maximum absolute atomic E-state index is 8.81. The SMILES string of the molecule is Cc1nn(Cc2ccc(C#N)cc2)c(CN=[N+]=[N-])c1N=NN. The molecule has 0 unspecified atom stereocenters. The Labute approximate surface area is 126 Å². The van der Waals surface area contributed by atoms with Crippen LogP contribution in [0.5, 0.6) is 0 Å². The molecular formula is C13H13N9. The van der Waals surface area contributed by atoms with Crippen molar-refractivity contribution in [2.75, 3.05) is 0 Å². The highest BCUT2D eigenvalue weighted by atomic mass is 15.4. The molecule has 0 amide bonds. The van der Waals surface area contributed by atoms with Gasteiger partial charge in [0.2, 0.25) is 0 Å². The van der Waals surface area contributed by atoms with Gasteiger partial charge in [-0.15, -0.1) is 5.11 Å². The molecule has 22 heavy (non-hydrogen) atoms. The van der Waals surface area contributed by atoms with Crippen molar-refractivity contribution in [3.63, 3.8) is 0 Å². The summed E-state index contributed by atoms with van der Waals surface area (Å²) in [4.78, 5) is 2.76. The van der Waals surface area contributed by atoms with Crippen molar-refractivity contribution in [2.45, 2.75) is 20.0 Å². The number of nitriles is 1. The summed E-state index contributed by atoms with van der Waals surface area (Å²) in [6.45, 7) is 2.34. The van der Waals surface area contributed by atoms with Gasteiger partial charge in [0.15, 0.2) is 0 Å². The number of hydrogen-bond donors (Lipinski definition) is 1. The number of aryl methyl sites for hydroxylation is 1. The Kier molecular flexibility index (Phi) is 4.70. The number of nitrogens with two attached hydrogens (primary N) is 1. The van der Waals surface area contributed by atoms with E-state index >= 15 is 0 Å². The summed E-state index contributed by atoms with van der Waals surface area (Å²) in [5.74, 6) is 5.11. The minimum absolute atomic E-state index is 0.0992. The molecule has 0 aliphatic carbocycles. The number of benzene rings is 1. The van der Waals surface area contributed by atoms with E-state index in [0.717, 1.165) is 5.56 Å². The summed E-state index contributed by atoms with van der Waals surface area (Å²) in [7, 11) is 0. The maximum atomic E-state index is 8.81. The van der Waals surface area contributed by atoms with E-state index in [1.54, 1.807) is 23.7 Å². The van der Waals surface area contributed by atoms with Crippen LogP contribution in [0.4, 0.5) is 5.69 Å². The average Bonchev–Trinajstić information content (AvgIpc) is 2.82. The molecule has 0 radical (unpaired) electrons. The normalized spacial score (nSPS) is 10.4. The lowest BCUT2D eigenvalue weighted by atomic mass is 10.1. The van der Waals surface area contributed by atoms with Crippen LogP contribution in [0.25, 0.3) is 10.4 Å². The van der Waals surface area contributed by atoms with Crippen molar-refractivity contribution < 1.29 is 0 Å². The van der Waals surface area contributed by atoms with Gasteiger partial charge < -0.3 is 5.84 Å². The third kappa shape index (κ3) is 3.20. The summed E-state index contributed by atoms with van der Waals surface area (Å²) < 4.78 is 1.69. The second-order valence-corrected chi connectivity index (χ2v) is 4.45. The van der Waals surface area contributed by atoms with Crippen molar-refractivity contribution in [3.05, 3.63) is 57.2 Å². The van der Waals surface area contributed by atoms with Crippen molar-refractivity contribution in [2.24, 2.45) is 21.3 Å². The Hall–Kier alpha value is -3.37. The fourth-order valence-electron chi connectivity index (χ4n) is 2.05. The molecule has 0 atom stereocenters. The third-order valence-electron chi connectivity index (χ3n) is 3.06. The third-order valence-corrected chi connectivity index (χ3v) is 3.06. The van der Waals surface area contributed by atoms with Gasteiger partial charge >= 0.3 is 0 Å². The van der Waals surface area contributed by atoms with Crippen LogP contribution in [0.3, 0.4) is 0 Å². The van der Waals surface area contributed by atoms with Crippen LogP contribution in [-0.4, -0.2) is 9.78 Å². The highest BCUT2D eigenvalue weighted by Crippen LogP contribution is 2.25. The van der Waals surface area contributed by atoms with Crippen molar-refractivity contribution in [1.29, 1.82) is 5.26 Å². The molecule has 9 heteroatoms. The van der Waals surface area contributed by atoms with E-state index < -0.39 is 0 Å². The summed E-state index contributed by atoms with van der Waals surface area (Å²) in [5, 5.41) is 23.9. The molecule has 0 spiro atoms. The quantitative estimate of drug-likeness (QED) is 0.298. The second-order valence-electron chi connectivity index (χ2n) is 4.45. The van der Waals surface area contributed by atoms with Gasteiger partial charge in [-0.2, -0.15) is 10.4 Å². The largest absolute Gasteiger partial charge is 0.305 e. The first kappa shape index (κ1) is 15.0. The number of hydrogen-bond acceptors (Lipinski definition) is 5. The van der Waals surface area contributed by atoms with Crippen LogP contribution in [0, 0.1) is 18.3 Å². The van der Waals surface area contributed by atoms with Gasteiger partial charge in [0, 0.05) is 4.91 Å². The van der Waals surface area contributed by atoms with Crippen molar-refractivity contribution in [3.8, 4) is 6.07 Å². The van der Waals surface area contributed by atoms with Crippen LogP contribution in [0.1, 0.15) is 22.5 Å². The molecule has 2 rings (SSSR count). The molecule has 2 N–H and O–H groups in total. The van der Waals surface area contributed by atoms with Crippen LogP contribution in [0.15, 0.2) is 39.7 Å². The average molecular weight is 295 g/mol. The van der Waals surface area contributed by atoms with Gasteiger partial charge in [-0.3, -0.25) is 4.68 Å². The second kappa shape index (κ2) is 6.88. The van der Waals surface area contributed by atoms with E-state index in [2.05, 4.69) is 31.5 Å². The van der Waals surface area contributed by atoms with Crippen LogP contribution in [0.2, 0.25) is 0 Å². The first-order valence-corrected chi connectivity index (χ1v) is 6.36. The summed E-state index contributed by atoms with van der Waals surface area (Å²) in [6, 6.07) is 9.23.